The Hall–Kier alpha value is -0.590. The van der Waals surface area contributed by atoms with Gasteiger partial charge in [-0.25, -0.2) is 8.42 Å². The third kappa shape index (κ3) is 4.47. The first-order valence-electron chi connectivity index (χ1n) is 5.66. The molecule has 4 nitrogen and oxygen atoms in total. The van der Waals surface area contributed by atoms with Crippen molar-refractivity contribution in [2.24, 2.45) is 5.92 Å². The Labute approximate surface area is 126 Å². The summed E-state index contributed by atoms with van der Waals surface area (Å²) in [4.78, 5) is 11.9. The van der Waals surface area contributed by atoms with Crippen LogP contribution >= 0.6 is 26.6 Å². The van der Waals surface area contributed by atoms with Gasteiger partial charge < -0.3 is 5.32 Å². The molecule has 1 aromatic rings. The fraction of sp³-hybridized carbons (Fsp3) is 0.417. The fourth-order valence-corrected chi connectivity index (χ4v) is 2.82. The van der Waals surface area contributed by atoms with E-state index < -0.39 is 9.05 Å². The Morgan fingerprint density at radius 1 is 1.42 bits per heavy atom. The maximum absolute atomic E-state index is 12.0. The van der Waals surface area contributed by atoms with E-state index in [1.165, 1.54) is 12.1 Å². The van der Waals surface area contributed by atoms with E-state index in [9.17, 15) is 13.2 Å². The smallest absolute Gasteiger partial charge is 0.261 e. The van der Waals surface area contributed by atoms with Crippen molar-refractivity contribution in [2.75, 3.05) is 6.54 Å². The predicted octanol–water partition coefficient (Wildman–Crippen LogP) is 3.07. The average molecular weight is 369 g/mol. The summed E-state index contributed by atoms with van der Waals surface area (Å²) in [5.74, 6) is 0.00158. The second kappa shape index (κ2) is 6.24. The number of nitrogens with one attached hydrogen (secondary N) is 1. The molecule has 0 bridgehead atoms. The van der Waals surface area contributed by atoms with Crippen LogP contribution in [0.5, 0.6) is 0 Å². The lowest BCUT2D eigenvalue weighted by Gasteiger charge is -2.12. The number of benzene rings is 1. The lowest BCUT2D eigenvalue weighted by Crippen LogP contribution is -2.28. The normalized spacial score (nSPS) is 11.7. The molecule has 1 aromatic carbocycles. The molecule has 7 heteroatoms. The molecule has 0 saturated heterocycles. The third-order valence-electron chi connectivity index (χ3n) is 2.51. The first-order chi connectivity index (χ1) is 8.62. The van der Waals surface area contributed by atoms with Gasteiger partial charge in [0.1, 0.15) is 0 Å². The Bertz CT molecular complexity index is 599. The second-order valence-electron chi connectivity index (χ2n) is 4.62. The van der Waals surface area contributed by atoms with Crippen LogP contribution in [0.4, 0.5) is 0 Å². The van der Waals surface area contributed by atoms with Gasteiger partial charge in [0.15, 0.2) is 0 Å². The van der Waals surface area contributed by atoms with Gasteiger partial charge in [-0.3, -0.25) is 4.79 Å². The zero-order valence-corrected chi connectivity index (χ0v) is 14.0. The molecule has 0 spiro atoms. The van der Waals surface area contributed by atoms with E-state index in [-0.39, 0.29) is 10.8 Å². The zero-order valence-electron chi connectivity index (χ0n) is 10.8. The van der Waals surface area contributed by atoms with Crippen molar-refractivity contribution in [3.63, 3.8) is 0 Å². The van der Waals surface area contributed by atoms with Crippen LogP contribution in [0, 0.1) is 12.8 Å². The molecule has 0 radical (unpaired) electrons. The Kier molecular flexibility index (Phi) is 5.41. The molecule has 0 aromatic heterocycles. The summed E-state index contributed by atoms with van der Waals surface area (Å²) in [6.45, 7) is 6.21. The van der Waals surface area contributed by atoms with Crippen LogP contribution in [0.3, 0.4) is 0 Å². The molecule has 0 aliphatic heterocycles. The quantitative estimate of drug-likeness (QED) is 0.831. The van der Waals surface area contributed by atoms with Gasteiger partial charge in [-0.1, -0.05) is 29.8 Å². The molecule has 0 aliphatic rings. The summed E-state index contributed by atoms with van der Waals surface area (Å²) >= 11 is 3.23. The topological polar surface area (TPSA) is 63.2 Å². The van der Waals surface area contributed by atoms with Crippen LogP contribution in [-0.2, 0) is 9.05 Å². The summed E-state index contributed by atoms with van der Waals surface area (Å²) in [5, 5.41) is 2.75. The van der Waals surface area contributed by atoms with Crippen LogP contribution in [0.25, 0.3) is 0 Å². The Morgan fingerprint density at radius 3 is 2.47 bits per heavy atom. The lowest BCUT2D eigenvalue weighted by atomic mass is 10.1. The molecular weight excluding hydrogens is 354 g/mol. The Morgan fingerprint density at radius 2 is 2.00 bits per heavy atom. The highest BCUT2D eigenvalue weighted by Crippen LogP contribution is 2.26. The standard InChI is InChI=1S/C12H15BrClNO3S/c1-7(2)6-15-12(16)10-4-9(19(14,17)18)5-11(13)8(10)3/h4-5,7H,6H2,1-3H3,(H,15,16). The SMILES string of the molecule is Cc1c(Br)cc(S(=O)(=O)Cl)cc1C(=O)NCC(C)C. The van der Waals surface area contributed by atoms with Crippen LogP contribution in [0.1, 0.15) is 29.8 Å². The minimum atomic E-state index is -3.87. The Balaban J connectivity index is 3.20. The lowest BCUT2D eigenvalue weighted by molar-refractivity contribution is 0.0948. The van der Waals surface area contributed by atoms with Crippen LogP contribution < -0.4 is 5.32 Å². The van der Waals surface area contributed by atoms with Crippen LogP contribution in [-0.4, -0.2) is 20.9 Å². The van der Waals surface area contributed by atoms with Crippen LogP contribution in [0.2, 0.25) is 0 Å². The third-order valence-corrected chi connectivity index (χ3v) is 4.67. The molecule has 0 aliphatic carbocycles. The van der Waals surface area contributed by atoms with E-state index in [0.717, 1.165) is 0 Å². The average Bonchev–Trinajstić information content (AvgIpc) is 2.27. The summed E-state index contributed by atoms with van der Waals surface area (Å²) in [7, 11) is 1.44. The number of carbonyl (C=O) groups excluding carboxylic acids is 1. The predicted molar refractivity (Wildman–Crippen MR) is 79.1 cm³/mol. The molecule has 1 rings (SSSR count). The molecule has 0 unspecified atom stereocenters. The molecule has 0 heterocycles. The largest absolute Gasteiger partial charge is 0.352 e. The fourth-order valence-electron chi connectivity index (χ4n) is 1.42. The van der Waals surface area contributed by atoms with Gasteiger partial charge in [0, 0.05) is 27.3 Å². The molecule has 1 N–H and O–H groups in total. The van der Waals surface area contributed by atoms with Gasteiger partial charge in [0.25, 0.3) is 15.0 Å². The van der Waals surface area contributed by atoms with Crippen molar-refractivity contribution < 1.29 is 13.2 Å². The van der Waals surface area contributed by atoms with E-state index in [4.69, 9.17) is 10.7 Å². The monoisotopic (exact) mass is 367 g/mol. The van der Waals surface area contributed by atoms with Gasteiger partial charge in [0.05, 0.1) is 4.90 Å². The molecule has 0 atom stereocenters. The first-order valence-corrected chi connectivity index (χ1v) is 8.76. The van der Waals surface area contributed by atoms with Crippen molar-refractivity contribution >= 4 is 41.6 Å². The summed E-state index contributed by atoms with van der Waals surface area (Å²) in [6, 6.07) is 2.68. The van der Waals surface area contributed by atoms with Crippen LogP contribution in [0.15, 0.2) is 21.5 Å². The van der Waals surface area contributed by atoms with E-state index in [2.05, 4.69) is 21.2 Å². The van der Waals surface area contributed by atoms with Gasteiger partial charge in [-0.2, -0.15) is 0 Å². The highest BCUT2D eigenvalue weighted by atomic mass is 79.9. The van der Waals surface area contributed by atoms with Crippen molar-refractivity contribution in [1.29, 1.82) is 0 Å². The van der Waals surface area contributed by atoms with E-state index >= 15 is 0 Å². The zero-order chi connectivity index (χ0) is 14.8. The molecule has 0 fully saturated rings. The van der Waals surface area contributed by atoms with Gasteiger partial charge >= 0.3 is 0 Å². The van der Waals surface area contributed by atoms with E-state index in [1.807, 2.05) is 13.8 Å². The molecular formula is C12H15BrClNO3S. The summed E-state index contributed by atoms with van der Waals surface area (Å²) in [6.07, 6.45) is 0. The van der Waals surface area contributed by atoms with Crippen molar-refractivity contribution in [3.8, 4) is 0 Å². The number of hydrogen-bond acceptors (Lipinski definition) is 3. The number of hydrogen-bond donors (Lipinski definition) is 1. The van der Waals surface area contributed by atoms with Crippen molar-refractivity contribution in [3.05, 3.63) is 27.7 Å². The van der Waals surface area contributed by atoms with Crippen molar-refractivity contribution in [1.82, 2.24) is 5.32 Å². The maximum Gasteiger partial charge on any atom is 0.261 e. The minimum absolute atomic E-state index is 0.0960. The van der Waals surface area contributed by atoms with Gasteiger partial charge in [0.2, 0.25) is 0 Å². The molecule has 19 heavy (non-hydrogen) atoms. The highest BCUT2D eigenvalue weighted by molar-refractivity contribution is 9.10. The number of rotatable bonds is 4. The second-order valence-corrected chi connectivity index (χ2v) is 8.04. The van der Waals surface area contributed by atoms with E-state index in [1.54, 1.807) is 6.92 Å². The summed E-state index contributed by atoms with van der Waals surface area (Å²) < 4.78 is 23.2. The number of halogens is 2. The highest BCUT2D eigenvalue weighted by Gasteiger charge is 2.18. The van der Waals surface area contributed by atoms with E-state index in [0.29, 0.717) is 28.1 Å². The molecule has 1 amide bonds. The van der Waals surface area contributed by atoms with Gasteiger partial charge in [-0.15, -0.1) is 0 Å². The maximum atomic E-state index is 12.0. The number of amides is 1. The first kappa shape index (κ1) is 16.5. The number of carbonyl (C=O) groups is 1. The van der Waals surface area contributed by atoms with Crippen molar-refractivity contribution in [2.45, 2.75) is 25.7 Å². The summed E-state index contributed by atoms with van der Waals surface area (Å²) in [5.41, 5.74) is 0.972. The van der Waals surface area contributed by atoms with Gasteiger partial charge in [-0.05, 0) is 30.5 Å². The molecule has 106 valence electrons. The molecule has 0 saturated carbocycles. The minimum Gasteiger partial charge on any atom is -0.352 e.